The average Bonchev–Trinajstić information content (AvgIpc) is 2.34. The summed E-state index contributed by atoms with van der Waals surface area (Å²) in [7, 11) is 0. The van der Waals surface area contributed by atoms with Crippen LogP contribution in [0.2, 0.25) is 0 Å². The number of amides is 1. The smallest absolute Gasteiger partial charge is 0.256 e. The third-order valence-electron chi connectivity index (χ3n) is 2.64. The Morgan fingerprint density at radius 2 is 1.88 bits per heavy atom. The van der Waals surface area contributed by atoms with Crippen LogP contribution in [0.3, 0.4) is 0 Å². The van der Waals surface area contributed by atoms with Crippen molar-refractivity contribution in [3.05, 3.63) is 32.9 Å². The van der Waals surface area contributed by atoms with E-state index in [9.17, 15) is 13.6 Å². The third-order valence-corrected chi connectivity index (χ3v) is 3.47. The van der Waals surface area contributed by atoms with Crippen molar-refractivity contribution < 1.29 is 13.6 Å². The molecule has 1 N–H and O–H groups in total. The highest BCUT2D eigenvalue weighted by molar-refractivity contribution is 14.1. The van der Waals surface area contributed by atoms with Crippen LogP contribution >= 0.6 is 22.6 Å². The first-order valence-electron chi connectivity index (χ1n) is 5.24. The second kappa shape index (κ2) is 5.26. The van der Waals surface area contributed by atoms with Crippen molar-refractivity contribution >= 4 is 28.5 Å². The van der Waals surface area contributed by atoms with E-state index in [4.69, 9.17) is 0 Å². The molecule has 1 heterocycles. The lowest BCUT2D eigenvalue weighted by atomic mass is 10.1. The summed E-state index contributed by atoms with van der Waals surface area (Å²) in [5.41, 5.74) is -0.0577. The van der Waals surface area contributed by atoms with E-state index in [0.717, 1.165) is 6.07 Å². The number of benzene rings is 1. The summed E-state index contributed by atoms with van der Waals surface area (Å²) in [6.45, 7) is 2.50. The van der Waals surface area contributed by atoms with Crippen LogP contribution in [0.4, 0.5) is 8.78 Å². The molecule has 0 aliphatic carbocycles. The topological polar surface area (TPSA) is 32.3 Å². The third kappa shape index (κ3) is 2.74. The Bertz CT molecular complexity index is 447. The van der Waals surface area contributed by atoms with Gasteiger partial charge in [0.25, 0.3) is 5.91 Å². The lowest BCUT2D eigenvalue weighted by Crippen LogP contribution is -2.46. The molecule has 0 atom stereocenters. The molecule has 0 spiro atoms. The maximum absolute atomic E-state index is 13.5. The van der Waals surface area contributed by atoms with Gasteiger partial charge in [-0.1, -0.05) is 0 Å². The molecule has 6 heteroatoms. The van der Waals surface area contributed by atoms with Gasteiger partial charge in [-0.2, -0.15) is 0 Å². The molecule has 1 aromatic carbocycles. The highest BCUT2D eigenvalue weighted by atomic mass is 127. The van der Waals surface area contributed by atoms with Gasteiger partial charge in [-0.3, -0.25) is 4.79 Å². The van der Waals surface area contributed by atoms with Crippen LogP contribution in [-0.2, 0) is 0 Å². The van der Waals surface area contributed by atoms with Crippen molar-refractivity contribution in [1.82, 2.24) is 10.2 Å². The predicted molar refractivity (Wildman–Crippen MR) is 67.8 cm³/mol. The maximum Gasteiger partial charge on any atom is 0.256 e. The van der Waals surface area contributed by atoms with E-state index in [1.54, 1.807) is 27.5 Å². The minimum atomic E-state index is -0.800. The number of carbonyl (C=O) groups is 1. The van der Waals surface area contributed by atoms with Crippen LogP contribution in [0.5, 0.6) is 0 Å². The fourth-order valence-electron chi connectivity index (χ4n) is 1.72. The zero-order valence-corrected chi connectivity index (χ0v) is 11.1. The van der Waals surface area contributed by atoms with E-state index in [-0.39, 0.29) is 15.0 Å². The molecule has 1 aliphatic heterocycles. The SMILES string of the molecule is O=C(c1cc(I)c(F)cc1F)N1CCNCC1. The zero-order chi connectivity index (χ0) is 12.4. The Hall–Kier alpha value is -0.760. The van der Waals surface area contributed by atoms with E-state index in [1.165, 1.54) is 6.07 Å². The van der Waals surface area contributed by atoms with Gasteiger partial charge in [0, 0.05) is 35.8 Å². The summed E-state index contributed by atoms with van der Waals surface area (Å²) < 4.78 is 26.9. The van der Waals surface area contributed by atoms with Crippen LogP contribution in [0.1, 0.15) is 10.4 Å². The summed E-state index contributed by atoms with van der Waals surface area (Å²) in [6.07, 6.45) is 0. The molecule has 1 aromatic rings. The molecular weight excluding hydrogens is 341 g/mol. The van der Waals surface area contributed by atoms with Gasteiger partial charge in [-0.05, 0) is 28.7 Å². The molecule has 1 amide bonds. The summed E-state index contributed by atoms with van der Waals surface area (Å²) in [4.78, 5) is 13.6. The van der Waals surface area contributed by atoms with Gasteiger partial charge in [0.15, 0.2) is 0 Å². The lowest BCUT2D eigenvalue weighted by Gasteiger charge is -2.27. The van der Waals surface area contributed by atoms with Gasteiger partial charge >= 0.3 is 0 Å². The number of nitrogens with zero attached hydrogens (tertiary/aromatic N) is 1. The maximum atomic E-state index is 13.5. The Labute approximate surface area is 111 Å². The van der Waals surface area contributed by atoms with E-state index in [0.29, 0.717) is 26.2 Å². The van der Waals surface area contributed by atoms with E-state index < -0.39 is 11.6 Å². The summed E-state index contributed by atoms with van der Waals surface area (Å²) in [6, 6.07) is 2.02. The lowest BCUT2D eigenvalue weighted by molar-refractivity contribution is 0.0731. The summed E-state index contributed by atoms with van der Waals surface area (Å²) in [5.74, 6) is -1.81. The second-order valence-corrected chi connectivity index (χ2v) is 4.95. The molecule has 0 bridgehead atoms. The van der Waals surface area contributed by atoms with Crippen LogP contribution in [-0.4, -0.2) is 37.0 Å². The van der Waals surface area contributed by atoms with Crippen LogP contribution in [0.25, 0.3) is 0 Å². The number of carbonyl (C=O) groups excluding carboxylic acids is 1. The van der Waals surface area contributed by atoms with Crippen molar-refractivity contribution in [2.45, 2.75) is 0 Å². The Balaban J connectivity index is 2.26. The molecule has 3 nitrogen and oxygen atoms in total. The molecule has 0 saturated carbocycles. The van der Waals surface area contributed by atoms with E-state index >= 15 is 0 Å². The monoisotopic (exact) mass is 352 g/mol. The minimum Gasteiger partial charge on any atom is -0.336 e. The Morgan fingerprint density at radius 1 is 1.24 bits per heavy atom. The first kappa shape index (κ1) is 12.7. The quantitative estimate of drug-likeness (QED) is 0.616. The number of nitrogens with one attached hydrogen (secondary N) is 1. The minimum absolute atomic E-state index is 0.0577. The molecule has 0 radical (unpaired) electrons. The largest absolute Gasteiger partial charge is 0.336 e. The van der Waals surface area contributed by atoms with Crippen LogP contribution < -0.4 is 5.32 Å². The van der Waals surface area contributed by atoms with Gasteiger partial charge in [0.2, 0.25) is 0 Å². The van der Waals surface area contributed by atoms with Crippen molar-refractivity contribution in [3.63, 3.8) is 0 Å². The molecule has 0 unspecified atom stereocenters. The molecule has 17 heavy (non-hydrogen) atoms. The number of hydrogen-bond donors (Lipinski definition) is 1. The fourth-order valence-corrected chi connectivity index (χ4v) is 2.19. The van der Waals surface area contributed by atoms with E-state index in [1.807, 2.05) is 0 Å². The van der Waals surface area contributed by atoms with Crippen molar-refractivity contribution in [2.24, 2.45) is 0 Å². The number of piperazine rings is 1. The van der Waals surface area contributed by atoms with Gasteiger partial charge in [-0.25, -0.2) is 8.78 Å². The number of rotatable bonds is 1. The van der Waals surface area contributed by atoms with Gasteiger partial charge in [0.1, 0.15) is 11.6 Å². The number of hydrogen-bond acceptors (Lipinski definition) is 2. The van der Waals surface area contributed by atoms with Gasteiger partial charge < -0.3 is 10.2 Å². The normalized spacial score (nSPS) is 16.1. The molecule has 1 saturated heterocycles. The molecule has 2 rings (SSSR count). The standard InChI is InChI=1S/C11H11F2IN2O/c12-8-6-9(13)10(14)5-7(8)11(17)16-3-1-15-2-4-16/h5-6,15H,1-4H2. The van der Waals surface area contributed by atoms with Gasteiger partial charge in [0.05, 0.1) is 5.56 Å². The van der Waals surface area contributed by atoms with Crippen LogP contribution in [0.15, 0.2) is 12.1 Å². The molecule has 0 aromatic heterocycles. The summed E-state index contributed by atoms with van der Waals surface area (Å²) in [5, 5.41) is 3.11. The van der Waals surface area contributed by atoms with E-state index in [2.05, 4.69) is 5.32 Å². The van der Waals surface area contributed by atoms with Crippen molar-refractivity contribution in [1.29, 1.82) is 0 Å². The molecule has 92 valence electrons. The average molecular weight is 352 g/mol. The predicted octanol–water partition coefficient (Wildman–Crippen LogP) is 1.61. The number of halogens is 3. The zero-order valence-electron chi connectivity index (χ0n) is 8.97. The van der Waals surface area contributed by atoms with Crippen molar-refractivity contribution in [2.75, 3.05) is 26.2 Å². The fraction of sp³-hybridized carbons (Fsp3) is 0.364. The highest BCUT2D eigenvalue weighted by Gasteiger charge is 2.22. The highest BCUT2D eigenvalue weighted by Crippen LogP contribution is 2.18. The first-order valence-corrected chi connectivity index (χ1v) is 6.32. The second-order valence-electron chi connectivity index (χ2n) is 3.79. The summed E-state index contributed by atoms with van der Waals surface area (Å²) >= 11 is 1.75. The van der Waals surface area contributed by atoms with Crippen LogP contribution in [0, 0.1) is 15.2 Å². The van der Waals surface area contributed by atoms with Gasteiger partial charge in [-0.15, -0.1) is 0 Å². The van der Waals surface area contributed by atoms with Crippen molar-refractivity contribution in [3.8, 4) is 0 Å². The molecule has 1 fully saturated rings. The molecular formula is C11H11F2IN2O. The first-order chi connectivity index (χ1) is 8.09. The molecule has 1 aliphatic rings. The Morgan fingerprint density at radius 3 is 2.53 bits per heavy atom. The Kier molecular flexibility index (Phi) is 3.93.